The van der Waals surface area contributed by atoms with Crippen molar-refractivity contribution in [3.63, 3.8) is 0 Å². The molecule has 0 radical (unpaired) electrons. The number of ether oxygens (including phenoxy) is 1. The lowest BCUT2D eigenvalue weighted by Gasteiger charge is -2.14. The first-order chi connectivity index (χ1) is 8.99. The van der Waals surface area contributed by atoms with Crippen molar-refractivity contribution in [2.45, 2.75) is 52.4 Å². The van der Waals surface area contributed by atoms with Crippen LogP contribution in [0.5, 0.6) is 0 Å². The van der Waals surface area contributed by atoms with Crippen molar-refractivity contribution in [2.75, 3.05) is 28.3 Å². The average molecular weight is 271 g/mol. The third-order valence-electron chi connectivity index (χ3n) is 2.91. The van der Waals surface area contributed by atoms with Gasteiger partial charge in [0.15, 0.2) is 0 Å². The first-order valence-electron chi connectivity index (χ1n) is 7.24. The van der Waals surface area contributed by atoms with Crippen LogP contribution in [0.3, 0.4) is 0 Å². The van der Waals surface area contributed by atoms with Crippen LogP contribution >= 0.6 is 0 Å². The molecule has 0 saturated heterocycles. The molecule has 0 aromatic rings. The minimum absolute atomic E-state index is 0.0926. The number of carbonyl (C=O) groups is 1. The first-order valence-corrected chi connectivity index (χ1v) is 7.24. The average Bonchev–Trinajstić information content (AvgIpc) is 2.39. The molecule has 0 unspecified atom stereocenters. The minimum atomic E-state index is 0.0926. The van der Waals surface area contributed by atoms with Crippen molar-refractivity contribution in [1.29, 1.82) is 0 Å². The van der Waals surface area contributed by atoms with E-state index in [-0.39, 0.29) is 5.91 Å². The second-order valence-electron chi connectivity index (χ2n) is 5.08. The summed E-state index contributed by atoms with van der Waals surface area (Å²) in [4.78, 5) is 11.6. The smallest absolute Gasteiger partial charge is 0.218 e. The van der Waals surface area contributed by atoms with Crippen LogP contribution in [0.1, 0.15) is 52.4 Å². The van der Waals surface area contributed by atoms with Crippen LogP contribution in [0.25, 0.3) is 0 Å². The fourth-order valence-corrected chi connectivity index (χ4v) is 1.59. The van der Waals surface area contributed by atoms with E-state index in [9.17, 15) is 4.79 Å². The Morgan fingerprint density at radius 1 is 1.37 bits per heavy atom. The molecule has 0 fully saturated rings. The lowest BCUT2D eigenvalue weighted by atomic mass is 9.91. The van der Waals surface area contributed by atoms with Gasteiger partial charge >= 0.3 is 0 Å². The maximum absolute atomic E-state index is 10.1. The molecule has 3 nitrogen and oxygen atoms in total. The van der Waals surface area contributed by atoms with Gasteiger partial charge in [-0.3, -0.25) is 4.79 Å². The number of rotatable bonds is 3. The van der Waals surface area contributed by atoms with Gasteiger partial charge in [-0.25, -0.2) is 0 Å². The molecule has 0 saturated carbocycles. The van der Waals surface area contributed by atoms with E-state index in [4.69, 9.17) is 0 Å². The highest BCUT2D eigenvalue weighted by molar-refractivity contribution is 5.72. The summed E-state index contributed by atoms with van der Waals surface area (Å²) in [5.41, 5.74) is 0. The zero-order valence-electron chi connectivity index (χ0n) is 13.7. The predicted molar refractivity (Wildman–Crippen MR) is 83.3 cm³/mol. The maximum atomic E-state index is 10.1. The predicted octanol–water partition coefficient (Wildman–Crippen LogP) is 3.89. The van der Waals surface area contributed by atoms with Gasteiger partial charge in [-0.2, -0.15) is 0 Å². The van der Waals surface area contributed by atoms with E-state index >= 15 is 0 Å². The van der Waals surface area contributed by atoms with Crippen LogP contribution in [0.4, 0.5) is 0 Å². The zero-order chi connectivity index (χ0) is 15.1. The van der Waals surface area contributed by atoms with Crippen molar-refractivity contribution in [3.8, 4) is 0 Å². The molecule has 0 bridgehead atoms. The summed E-state index contributed by atoms with van der Waals surface area (Å²) in [5, 5.41) is 0. The third kappa shape index (κ3) is 17.2. The van der Waals surface area contributed by atoms with Gasteiger partial charge in [0.1, 0.15) is 0 Å². The third-order valence-corrected chi connectivity index (χ3v) is 2.91. The summed E-state index contributed by atoms with van der Waals surface area (Å²) in [6, 6.07) is 0. The van der Waals surface area contributed by atoms with Crippen LogP contribution in [0.15, 0.2) is 12.2 Å². The number of nitrogens with zero attached hydrogens (tertiary/aromatic N) is 1. The largest absolute Gasteiger partial charge is 0.388 e. The van der Waals surface area contributed by atoms with Gasteiger partial charge in [0, 0.05) is 35.2 Å². The zero-order valence-corrected chi connectivity index (χ0v) is 13.7. The van der Waals surface area contributed by atoms with Gasteiger partial charge < -0.3 is 9.64 Å². The molecule has 0 aromatic heterocycles. The Labute approximate surface area is 120 Å². The molecule has 0 aliphatic heterocycles. The van der Waals surface area contributed by atoms with Gasteiger partial charge in [-0.05, 0) is 31.6 Å². The highest BCUT2D eigenvalue weighted by atomic mass is 16.4. The van der Waals surface area contributed by atoms with Crippen molar-refractivity contribution in [3.05, 3.63) is 12.2 Å². The highest BCUT2D eigenvalue weighted by Gasteiger charge is 2.06. The highest BCUT2D eigenvalue weighted by Crippen LogP contribution is 2.21. The topological polar surface area (TPSA) is 29.5 Å². The normalized spacial score (nSPS) is 16.6. The summed E-state index contributed by atoms with van der Waals surface area (Å²) in [7, 11) is 6.70. The summed E-state index contributed by atoms with van der Waals surface area (Å²) in [6.45, 7) is 3.80. The summed E-state index contributed by atoms with van der Waals surface area (Å²) < 4.78 is 4.25. The van der Waals surface area contributed by atoms with Crippen LogP contribution in [-0.4, -0.2) is 39.1 Å². The van der Waals surface area contributed by atoms with Gasteiger partial charge in [0.05, 0.1) is 0 Å². The van der Waals surface area contributed by atoms with E-state index in [1.807, 2.05) is 0 Å². The Morgan fingerprint density at radius 3 is 2.21 bits per heavy atom. The molecule has 0 heterocycles. The number of amides is 1. The number of carbonyl (C=O) groups excluding carboxylic acids is 1. The second-order valence-corrected chi connectivity index (χ2v) is 5.08. The maximum Gasteiger partial charge on any atom is 0.218 e. The summed E-state index contributed by atoms with van der Waals surface area (Å²) in [6.07, 6.45) is 13.1. The summed E-state index contributed by atoms with van der Waals surface area (Å²) >= 11 is 0. The molecule has 1 amide bonds. The lowest BCUT2D eigenvalue weighted by molar-refractivity contribution is -0.126. The van der Waals surface area contributed by atoms with Crippen LogP contribution in [-0.2, 0) is 9.53 Å². The van der Waals surface area contributed by atoms with Gasteiger partial charge in [0.2, 0.25) is 5.91 Å². The van der Waals surface area contributed by atoms with E-state index in [2.05, 4.69) is 23.8 Å². The van der Waals surface area contributed by atoms with Gasteiger partial charge in [-0.15, -0.1) is 0 Å². The molecule has 1 atom stereocenters. The lowest BCUT2D eigenvalue weighted by Crippen LogP contribution is -2.17. The standard InChI is InChI=1S/C10H18.C4H9NO.C2H6O/c1-2-3-7-10-8-5-4-6-9-10;1-4(6)5(2)3;1-3-2/h5,8,10H,2-4,6-7,9H2,1H3;1-3H3;1-2H3/t10-;;/m1../s1. The monoisotopic (exact) mass is 271 g/mol. The fraction of sp³-hybridized carbons (Fsp3) is 0.812. The Hall–Kier alpha value is -0.830. The molecule has 1 rings (SSSR count). The van der Waals surface area contributed by atoms with Crippen molar-refractivity contribution < 1.29 is 9.53 Å². The summed E-state index contributed by atoms with van der Waals surface area (Å²) in [5.74, 6) is 1.02. The molecular weight excluding hydrogens is 238 g/mol. The fourth-order valence-electron chi connectivity index (χ4n) is 1.59. The Bertz CT molecular complexity index is 225. The SMILES string of the molecule is CC(=O)N(C)C.CCCC[C@@H]1C=CCCC1.COC. The van der Waals surface area contributed by atoms with E-state index < -0.39 is 0 Å². The molecule has 0 spiro atoms. The number of hydrogen-bond acceptors (Lipinski definition) is 2. The molecule has 3 heteroatoms. The molecule has 1 aliphatic rings. The first kappa shape index (κ1) is 20.5. The van der Waals surface area contributed by atoms with Crippen LogP contribution < -0.4 is 0 Å². The quantitative estimate of drug-likeness (QED) is 0.729. The Balaban J connectivity index is 0. The van der Waals surface area contributed by atoms with Crippen molar-refractivity contribution in [2.24, 2.45) is 5.92 Å². The molecule has 1 aliphatic carbocycles. The molecular formula is C16H33NO2. The van der Waals surface area contributed by atoms with Crippen LogP contribution in [0.2, 0.25) is 0 Å². The van der Waals surface area contributed by atoms with Gasteiger partial charge in [-0.1, -0.05) is 31.9 Å². The van der Waals surface area contributed by atoms with E-state index in [0.717, 1.165) is 5.92 Å². The number of hydrogen-bond donors (Lipinski definition) is 0. The molecule has 0 aromatic carbocycles. The Morgan fingerprint density at radius 2 is 1.89 bits per heavy atom. The van der Waals surface area contributed by atoms with E-state index in [0.29, 0.717) is 0 Å². The second kappa shape index (κ2) is 15.2. The molecule has 19 heavy (non-hydrogen) atoms. The van der Waals surface area contributed by atoms with Crippen LogP contribution in [0, 0.1) is 5.92 Å². The Kier molecular flexibility index (Phi) is 16.4. The molecule has 0 N–H and O–H groups in total. The van der Waals surface area contributed by atoms with Crippen molar-refractivity contribution >= 4 is 5.91 Å². The van der Waals surface area contributed by atoms with E-state index in [1.54, 1.807) is 28.3 Å². The number of methoxy groups -OCH3 is 1. The van der Waals surface area contributed by atoms with E-state index in [1.165, 1.54) is 50.3 Å². The number of unbranched alkanes of at least 4 members (excludes halogenated alkanes) is 1. The van der Waals surface area contributed by atoms with Gasteiger partial charge in [0.25, 0.3) is 0 Å². The minimum Gasteiger partial charge on any atom is -0.388 e. The number of allylic oxidation sites excluding steroid dienone is 2. The van der Waals surface area contributed by atoms with Crippen molar-refractivity contribution in [1.82, 2.24) is 4.90 Å². The molecule has 114 valence electrons.